The fourth-order valence-corrected chi connectivity index (χ4v) is 5.95. The van der Waals surface area contributed by atoms with Gasteiger partial charge in [-0.2, -0.15) is 0 Å². The van der Waals surface area contributed by atoms with Crippen LogP contribution in [0.3, 0.4) is 0 Å². The minimum Gasteiger partial charge on any atom is -0.351 e. The molecule has 1 saturated heterocycles. The Balaban J connectivity index is 2.24. The molecule has 1 fully saturated rings. The number of carbonyl (C=O) groups excluding carboxylic acids is 3. The van der Waals surface area contributed by atoms with Crippen molar-refractivity contribution in [2.75, 3.05) is 14.1 Å². The molecular weight excluding hydrogens is 562 g/mol. The first-order valence-electron chi connectivity index (χ1n) is 16.1. The molecule has 0 saturated carbocycles. The molecule has 0 radical (unpaired) electrons. The lowest BCUT2D eigenvalue weighted by Gasteiger charge is -2.40. The Hall–Kier alpha value is -2.24. The summed E-state index contributed by atoms with van der Waals surface area (Å²) in [5.74, 6) is -2.15. The standard InChI is InChI=1S/C34H57N3O7/c1-12-20(2)29(43-34(41)37-14-13-35-19-37)16-22(4)31(39)21(3)15-23(5)33(26(8)32(40)25(7)27(9)38)44-30-18-28(36(10)11)17-24(6)42-30/h13-14,16,19-21,23-26,28-30,33-34,41H,12,15,17-18H2,1-11H3/b22-16+/t20-,21-,23+,24-,25+,26+,28+,29+,30+,33+,34?/m1/s1. The van der Waals surface area contributed by atoms with Gasteiger partial charge in [0, 0.05) is 36.7 Å². The highest BCUT2D eigenvalue weighted by Gasteiger charge is 2.39. The van der Waals surface area contributed by atoms with Gasteiger partial charge in [0.05, 0.1) is 30.6 Å². The third kappa shape index (κ3) is 10.7. The number of imidazole rings is 1. The first-order valence-corrected chi connectivity index (χ1v) is 16.1. The molecule has 10 nitrogen and oxygen atoms in total. The van der Waals surface area contributed by atoms with Crippen LogP contribution in [0.15, 0.2) is 30.4 Å². The van der Waals surface area contributed by atoms with Crippen LogP contribution in [-0.4, -0.2) is 81.6 Å². The Bertz CT molecular complexity index is 1090. The van der Waals surface area contributed by atoms with Crippen molar-refractivity contribution in [2.45, 2.75) is 125 Å². The molecule has 1 unspecified atom stereocenters. The number of aliphatic hydroxyl groups excluding tert-OH is 1. The molecule has 250 valence electrons. The van der Waals surface area contributed by atoms with Crippen LogP contribution in [0.4, 0.5) is 0 Å². The molecule has 44 heavy (non-hydrogen) atoms. The summed E-state index contributed by atoms with van der Waals surface area (Å²) in [5, 5.41) is 10.5. The second-order valence-corrected chi connectivity index (χ2v) is 13.2. The normalized spacial score (nSPS) is 25.0. The molecule has 1 aliphatic heterocycles. The molecule has 0 aliphatic carbocycles. The molecular formula is C34H57N3O7. The van der Waals surface area contributed by atoms with Gasteiger partial charge in [0.2, 0.25) is 6.41 Å². The predicted octanol–water partition coefficient (Wildman–Crippen LogP) is 5.21. The van der Waals surface area contributed by atoms with Crippen LogP contribution >= 0.6 is 0 Å². The minimum absolute atomic E-state index is 0.000478. The largest absolute Gasteiger partial charge is 0.351 e. The van der Waals surface area contributed by atoms with Crippen molar-refractivity contribution >= 4 is 17.3 Å². The lowest BCUT2D eigenvalue weighted by molar-refractivity contribution is -0.236. The van der Waals surface area contributed by atoms with Crippen molar-refractivity contribution in [3.63, 3.8) is 0 Å². The van der Waals surface area contributed by atoms with E-state index in [1.807, 2.05) is 55.6 Å². The van der Waals surface area contributed by atoms with Crippen LogP contribution in [0, 0.1) is 29.6 Å². The first kappa shape index (κ1) is 37.9. The zero-order valence-electron chi connectivity index (χ0n) is 28.7. The number of nitrogens with zero attached hydrogens (tertiary/aromatic N) is 3. The maximum atomic E-state index is 13.6. The quantitative estimate of drug-likeness (QED) is 0.134. The number of Topliss-reactive ketones (excluding diaryl/α,β-unsaturated/α-hetero) is 3. The number of aliphatic hydroxyl groups is 1. The van der Waals surface area contributed by atoms with E-state index in [1.165, 1.54) is 17.8 Å². The molecule has 2 heterocycles. The molecule has 0 amide bonds. The number of ketones is 3. The van der Waals surface area contributed by atoms with E-state index < -0.39 is 36.7 Å². The lowest BCUT2D eigenvalue weighted by atomic mass is 9.80. The van der Waals surface area contributed by atoms with Crippen LogP contribution in [0.1, 0.15) is 94.4 Å². The Labute approximate surface area is 264 Å². The van der Waals surface area contributed by atoms with Crippen LogP contribution in [0.2, 0.25) is 0 Å². The first-order chi connectivity index (χ1) is 20.6. The van der Waals surface area contributed by atoms with Crippen molar-refractivity contribution < 1.29 is 33.7 Å². The maximum absolute atomic E-state index is 13.6. The molecule has 0 aromatic carbocycles. The molecule has 2 rings (SSSR count). The number of aromatic nitrogens is 2. The van der Waals surface area contributed by atoms with E-state index in [0.29, 0.717) is 18.4 Å². The van der Waals surface area contributed by atoms with Crippen molar-refractivity contribution in [1.82, 2.24) is 14.5 Å². The van der Waals surface area contributed by atoms with Gasteiger partial charge >= 0.3 is 0 Å². The topological polar surface area (TPSA) is 120 Å². The third-order valence-corrected chi connectivity index (χ3v) is 9.27. The summed E-state index contributed by atoms with van der Waals surface area (Å²) < 4.78 is 20.1. The van der Waals surface area contributed by atoms with E-state index in [0.717, 1.165) is 12.8 Å². The van der Waals surface area contributed by atoms with Gasteiger partial charge in [-0.1, -0.05) is 41.0 Å². The van der Waals surface area contributed by atoms with Crippen LogP contribution < -0.4 is 0 Å². The van der Waals surface area contributed by atoms with Crippen molar-refractivity contribution in [3.05, 3.63) is 30.4 Å². The SMILES string of the molecule is CC[C@@H](C)[C@H](/C=C(\C)C(=O)[C@H](C)C[C@H](C)[C@H](O[C@H]1C[C@@H](N(C)C)C[C@@H](C)O1)[C@@H](C)C(=O)[C@@H](C)C(C)=O)OC(O)n1ccnc1. The summed E-state index contributed by atoms with van der Waals surface area (Å²) in [6.07, 6.45) is 6.55. The number of allylic oxidation sites excluding steroid dienone is 1. The summed E-state index contributed by atoms with van der Waals surface area (Å²) in [6, 6.07) is 0.281. The highest BCUT2D eigenvalue weighted by molar-refractivity contribution is 6.02. The van der Waals surface area contributed by atoms with Gasteiger partial charge < -0.3 is 24.2 Å². The number of hydrogen-bond acceptors (Lipinski definition) is 9. The summed E-state index contributed by atoms with van der Waals surface area (Å²) in [6.45, 7) is 16.6. The smallest absolute Gasteiger partial charge is 0.243 e. The van der Waals surface area contributed by atoms with E-state index in [4.69, 9.17) is 14.2 Å². The summed E-state index contributed by atoms with van der Waals surface area (Å²) in [4.78, 5) is 45.2. The van der Waals surface area contributed by atoms with Crippen LogP contribution in [0.5, 0.6) is 0 Å². The summed E-state index contributed by atoms with van der Waals surface area (Å²) in [5.41, 5.74) is 0.554. The highest BCUT2D eigenvalue weighted by atomic mass is 16.7. The Kier molecular flexibility index (Phi) is 15.1. The van der Waals surface area contributed by atoms with Crippen LogP contribution in [-0.2, 0) is 28.6 Å². The minimum atomic E-state index is -1.22. The monoisotopic (exact) mass is 619 g/mol. The van der Waals surface area contributed by atoms with Crippen molar-refractivity contribution in [2.24, 2.45) is 29.6 Å². The van der Waals surface area contributed by atoms with E-state index in [1.54, 1.807) is 32.3 Å². The number of carbonyl (C=O) groups is 3. The predicted molar refractivity (Wildman–Crippen MR) is 169 cm³/mol. The summed E-state index contributed by atoms with van der Waals surface area (Å²) in [7, 11) is 4.08. The second kappa shape index (κ2) is 17.5. The zero-order chi connectivity index (χ0) is 33.3. The fraction of sp³-hybridized carbons (Fsp3) is 0.765. The highest BCUT2D eigenvalue weighted by Crippen LogP contribution is 2.32. The molecule has 1 aliphatic rings. The van der Waals surface area contributed by atoms with E-state index >= 15 is 0 Å². The molecule has 1 aromatic heterocycles. The fourth-order valence-electron chi connectivity index (χ4n) is 5.95. The summed E-state index contributed by atoms with van der Waals surface area (Å²) >= 11 is 0. The third-order valence-electron chi connectivity index (χ3n) is 9.27. The second-order valence-electron chi connectivity index (χ2n) is 13.2. The zero-order valence-corrected chi connectivity index (χ0v) is 28.7. The number of ether oxygens (including phenoxy) is 3. The molecule has 1 N–H and O–H groups in total. The molecule has 1 aromatic rings. The van der Waals surface area contributed by atoms with E-state index in [2.05, 4.69) is 9.88 Å². The maximum Gasteiger partial charge on any atom is 0.243 e. The van der Waals surface area contributed by atoms with Gasteiger partial charge in [0.25, 0.3) is 0 Å². The van der Waals surface area contributed by atoms with Crippen molar-refractivity contribution in [1.29, 1.82) is 0 Å². The number of hydrogen-bond donors (Lipinski definition) is 1. The van der Waals surface area contributed by atoms with Gasteiger partial charge in [-0.05, 0) is 78.1 Å². The van der Waals surface area contributed by atoms with Gasteiger partial charge in [0.1, 0.15) is 11.6 Å². The Morgan fingerprint density at radius 2 is 1.77 bits per heavy atom. The van der Waals surface area contributed by atoms with Gasteiger partial charge in [0.15, 0.2) is 12.1 Å². The van der Waals surface area contributed by atoms with Gasteiger partial charge in [-0.15, -0.1) is 0 Å². The molecule has 10 heteroatoms. The van der Waals surface area contributed by atoms with Crippen molar-refractivity contribution in [3.8, 4) is 0 Å². The average Bonchev–Trinajstić information content (AvgIpc) is 3.52. The van der Waals surface area contributed by atoms with Gasteiger partial charge in [-0.3, -0.25) is 19.0 Å². The lowest BCUT2D eigenvalue weighted by Crippen LogP contribution is -2.47. The molecule has 0 bridgehead atoms. The Morgan fingerprint density at radius 1 is 1.11 bits per heavy atom. The molecule has 11 atom stereocenters. The van der Waals surface area contributed by atoms with E-state index in [-0.39, 0.29) is 47.2 Å². The Morgan fingerprint density at radius 3 is 2.32 bits per heavy atom. The average molecular weight is 620 g/mol. The van der Waals surface area contributed by atoms with Crippen LogP contribution in [0.25, 0.3) is 0 Å². The van der Waals surface area contributed by atoms with Gasteiger partial charge in [-0.25, -0.2) is 4.98 Å². The number of rotatable bonds is 18. The van der Waals surface area contributed by atoms with E-state index in [9.17, 15) is 19.5 Å². The molecule has 0 spiro atoms.